The minimum atomic E-state index is -3.69. The third-order valence-corrected chi connectivity index (χ3v) is 5.15. The fourth-order valence-electron chi connectivity index (χ4n) is 2.33. The highest BCUT2D eigenvalue weighted by Gasteiger charge is 2.14. The van der Waals surface area contributed by atoms with E-state index in [0.717, 1.165) is 12.0 Å². The van der Waals surface area contributed by atoms with Crippen LogP contribution in [0.4, 0.5) is 21.6 Å². The third-order valence-electron chi connectivity index (χ3n) is 3.78. The Morgan fingerprint density at radius 3 is 2.15 bits per heavy atom. The highest BCUT2D eigenvalue weighted by Crippen LogP contribution is 2.19. The maximum absolute atomic E-state index is 12.9. The van der Waals surface area contributed by atoms with Crippen LogP contribution < -0.4 is 10.0 Å². The predicted octanol–water partition coefficient (Wildman–Crippen LogP) is 4.33. The van der Waals surface area contributed by atoms with Gasteiger partial charge in [-0.05, 0) is 60.5 Å². The lowest BCUT2D eigenvalue weighted by Crippen LogP contribution is -2.13. The van der Waals surface area contributed by atoms with Gasteiger partial charge in [-0.15, -0.1) is 0 Å². The van der Waals surface area contributed by atoms with E-state index in [1.165, 1.54) is 18.3 Å². The monoisotopic (exact) mass is 371 g/mol. The van der Waals surface area contributed by atoms with Crippen molar-refractivity contribution in [2.75, 3.05) is 10.0 Å². The van der Waals surface area contributed by atoms with Crippen LogP contribution in [-0.4, -0.2) is 13.4 Å². The van der Waals surface area contributed by atoms with Crippen molar-refractivity contribution < 1.29 is 12.8 Å². The molecule has 0 saturated heterocycles. The summed E-state index contributed by atoms with van der Waals surface area (Å²) in [4.78, 5) is 4.30. The summed E-state index contributed by atoms with van der Waals surface area (Å²) in [5, 5.41) is 3.06. The number of aryl methyl sites for hydroxylation is 1. The summed E-state index contributed by atoms with van der Waals surface area (Å²) in [5.41, 5.74) is 2.43. The first-order chi connectivity index (χ1) is 12.5. The second-order valence-electron chi connectivity index (χ2n) is 5.67. The number of pyridine rings is 1. The van der Waals surface area contributed by atoms with Crippen LogP contribution in [-0.2, 0) is 16.4 Å². The molecule has 0 bridgehead atoms. The van der Waals surface area contributed by atoms with Crippen LogP contribution in [0.1, 0.15) is 12.5 Å². The van der Waals surface area contributed by atoms with Crippen LogP contribution in [0.2, 0.25) is 0 Å². The molecule has 0 saturated carbocycles. The van der Waals surface area contributed by atoms with Crippen LogP contribution in [0.15, 0.2) is 71.8 Å². The van der Waals surface area contributed by atoms with Crippen molar-refractivity contribution >= 4 is 27.2 Å². The lowest BCUT2D eigenvalue weighted by molar-refractivity contribution is 0.601. The molecule has 26 heavy (non-hydrogen) atoms. The largest absolute Gasteiger partial charge is 0.354 e. The van der Waals surface area contributed by atoms with E-state index >= 15 is 0 Å². The highest BCUT2D eigenvalue weighted by molar-refractivity contribution is 7.92. The van der Waals surface area contributed by atoms with Crippen molar-refractivity contribution in [3.63, 3.8) is 0 Å². The molecule has 3 aromatic rings. The maximum Gasteiger partial charge on any atom is 0.263 e. The molecular weight excluding hydrogens is 353 g/mol. The zero-order valence-electron chi connectivity index (χ0n) is 14.1. The number of hydrogen-bond acceptors (Lipinski definition) is 4. The summed E-state index contributed by atoms with van der Waals surface area (Å²) in [6.07, 6.45) is 2.35. The van der Waals surface area contributed by atoms with Crippen molar-refractivity contribution in [2.45, 2.75) is 18.2 Å². The molecule has 0 aliphatic rings. The van der Waals surface area contributed by atoms with Gasteiger partial charge in [-0.1, -0.05) is 19.1 Å². The number of aromatic nitrogens is 1. The maximum atomic E-state index is 12.9. The molecule has 0 unspecified atom stereocenters. The molecule has 134 valence electrons. The molecule has 2 aromatic carbocycles. The van der Waals surface area contributed by atoms with Gasteiger partial charge in [0, 0.05) is 5.69 Å². The van der Waals surface area contributed by atoms with Gasteiger partial charge in [0.1, 0.15) is 11.6 Å². The Hall–Kier alpha value is -2.93. The van der Waals surface area contributed by atoms with E-state index in [-0.39, 0.29) is 16.5 Å². The average Bonchev–Trinajstić information content (AvgIpc) is 2.65. The van der Waals surface area contributed by atoms with Crippen molar-refractivity contribution in [2.24, 2.45) is 0 Å². The van der Waals surface area contributed by atoms with Gasteiger partial charge in [0.25, 0.3) is 10.0 Å². The zero-order chi connectivity index (χ0) is 18.6. The minimum Gasteiger partial charge on any atom is -0.354 e. The Bertz CT molecular complexity index is 971. The number of anilines is 3. The quantitative estimate of drug-likeness (QED) is 0.677. The second-order valence-corrected chi connectivity index (χ2v) is 7.35. The smallest absolute Gasteiger partial charge is 0.263 e. The number of benzene rings is 2. The molecule has 0 aliphatic carbocycles. The lowest BCUT2D eigenvalue weighted by Gasteiger charge is -2.10. The van der Waals surface area contributed by atoms with Gasteiger partial charge in [-0.2, -0.15) is 0 Å². The molecule has 0 spiro atoms. The Morgan fingerprint density at radius 1 is 0.923 bits per heavy atom. The standard InChI is InChI=1S/C19H18FN3O2S/c1-2-14-3-10-18(11-4-14)26(24,25)23-19-12-9-17(13-21-19)22-16-7-5-15(20)6-8-16/h3-13,22H,2H2,1H3,(H,21,23). The third kappa shape index (κ3) is 4.37. The van der Waals surface area contributed by atoms with E-state index in [4.69, 9.17) is 0 Å². The first-order valence-corrected chi connectivity index (χ1v) is 9.55. The number of nitrogens with one attached hydrogen (secondary N) is 2. The summed E-state index contributed by atoms with van der Waals surface area (Å²) < 4.78 is 40.2. The van der Waals surface area contributed by atoms with Crippen LogP contribution in [0.3, 0.4) is 0 Å². The average molecular weight is 371 g/mol. The van der Waals surface area contributed by atoms with Gasteiger partial charge < -0.3 is 5.32 Å². The highest BCUT2D eigenvalue weighted by atomic mass is 32.2. The molecular formula is C19H18FN3O2S. The molecule has 7 heteroatoms. The Kier molecular flexibility index (Phi) is 5.18. The van der Waals surface area contributed by atoms with Crippen molar-refractivity contribution in [1.29, 1.82) is 0 Å². The lowest BCUT2D eigenvalue weighted by atomic mass is 10.2. The van der Waals surface area contributed by atoms with Gasteiger partial charge in [0.15, 0.2) is 0 Å². The van der Waals surface area contributed by atoms with Crippen LogP contribution in [0.25, 0.3) is 0 Å². The Balaban J connectivity index is 1.70. The first-order valence-electron chi connectivity index (χ1n) is 8.07. The van der Waals surface area contributed by atoms with E-state index in [1.54, 1.807) is 48.5 Å². The fraction of sp³-hybridized carbons (Fsp3) is 0.105. The summed E-state index contributed by atoms with van der Waals surface area (Å²) in [7, 11) is -3.69. The Morgan fingerprint density at radius 2 is 1.58 bits per heavy atom. The van der Waals surface area contributed by atoms with Gasteiger partial charge in [0.05, 0.1) is 16.8 Å². The molecule has 1 aromatic heterocycles. The topological polar surface area (TPSA) is 71.1 Å². The number of sulfonamides is 1. The zero-order valence-corrected chi connectivity index (χ0v) is 14.9. The number of hydrogen-bond donors (Lipinski definition) is 2. The number of halogens is 1. The summed E-state index contributed by atoms with van der Waals surface area (Å²) in [5.74, 6) is -0.0976. The van der Waals surface area contributed by atoms with E-state index in [2.05, 4.69) is 15.0 Å². The summed E-state index contributed by atoms with van der Waals surface area (Å²) >= 11 is 0. The van der Waals surface area contributed by atoms with Crippen molar-refractivity contribution in [3.8, 4) is 0 Å². The molecule has 3 rings (SSSR count). The normalized spacial score (nSPS) is 11.2. The molecule has 1 heterocycles. The Labute approximate surface area is 152 Å². The van der Waals surface area contributed by atoms with Gasteiger partial charge in [-0.25, -0.2) is 17.8 Å². The second kappa shape index (κ2) is 7.53. The molecule has 0 fully saturated rings. The SMILES string of the molecule is CCc1ccc(S(=O)(=O)Nc2ccc(Nc3ccc(F)cc3)cn2)cc1. The van der Waals surface area contributed by atoms with E-state index in [1.807, 2.05) is 6.92 Å². The summed E-state index contributed by atoms with van der Waals surface area (Å²) in [6, 6.07) is 15.9. The predicted molar refractivity (Wildman–Crippen MR) is 101 cm³/mol. The van der Waals surface area contributed by atoms with Crippen LogP contribution in [0.5, 0.6) is 0 Å². The number of rotatable bonds is 6. The molecule has 0 atom stereocenters. The van der Waals surface area contributed by atoms with Crippen LogP contribution >= 0.6 is 0 Å². The molecule has 0 amide bonds. The molecule has 5 nitrogen and oxygen atoms in total. The van der Waals surface area contributed by atoms with Gasteiger partial charge in [0.2, 0.25) is 0 Å². The van der Waals surface area contributed by atoms with E-state index in [9.17, 15) is 12.8 Å². The molecule has 0 aliphatic heterocycles. The first kappa shape index (κ1) is 17.9. The summed E-state index contributed by atoms with van der Waals surface area (Å²) in [6.45, 7) is 2.01. The van der Waals surface area contributed by atoms with Gasteiger partial charge in [-0.3, -0.25) is 4.72 Å². The fourth-order valence-corrected chi connectivity index (χ4v) is 3.34. The minimum absolute atomic E-state index is 0.185. The van der Waals surface area contributed by atoms with Crippen LogP contribution in [0, 0.1) is 5.82 Å². The molecule has 2 N–H and O–H groups in total. The van der Waals surface area contributed by atoms with Gasteiger partial charge >= 0.3 is 0 Å². The van der Waals surface area contributed by atoms with Crippen molar-refractivity contribution in [1.82, 2.24) is 4.98 Å². The van der Waals surface area contributed by atoms with Crippen molar-refractivity contribution in [3.05, 3.63) is 78.2 Å². The van der Waals surface area contributed by atoms with E-state index < -0.39 is 10.0 Å². The molecule has 0 radical (unpaired) electrons. The number of nitrogens with zero attached hydrogens (tertiary/aromatic N) is 1. The van der Waals surface area contributed by atoms with E-state index in [0.29, 0.717) is 11.4 Å².